The summed E-state index contributed by atoms with van der Waals surface area (Å²) in [5.74, 6) is 1.21. The van der Waals surface area contributed by atoms with Crippen LogP contribution in [0.1, 0.15) is 19.3 Å². The Morgan fingerprint density at radius 1 is 1.27 bits per heavy atom. The fourth-order valence-electron chi connectivity index (χ4n) is 3.09. The van der Waals surface area contributed by atoms with Gasteiger partial charge in [0.2, 0.25) is 12.0 Å². The third-order valence-corrected chi connectivity index (χ3v) is 4.19. The topological polar surface area (TPSA) is 79.2 Å². The van der Waals surface area contributed by atoms with Crippen molar-refractivity contribution in [3.8, 4) is 0 Å². The van der Waals surface area contributed by atoms with Crippen molar-refractivity contribution in [1.29, 1.82) is 5.41 Å². The largest absolute Gasteiger partial charge is 0.357 e. The quantitative estimate of drug-likeness (QED) is 0.720. The summed E-state index contributed by atoms with van der Waals surface area (Å²) in [4.78, 5) is 11.2. The van der Waals surface area contributed by atoms with E-state index in [0.29, 0.717) is 0 Å². The summed E-state index contributed by atoms with van der Waals surface area (Å²) in [7, 11) is 0. The molecule has 1 saturated heterocycles. The van der Waals surface area contributed by atoms with E-state index in [1.165, 1.54) is 19.3 Å². The highest BCUT2D eigenvalue weighted by Crippen LogP contribution is 2.26. The van der Waals surface area contributed by atoms with Crippen LogP contribution in [0.5, 0.6) is 0 Å². The van der Waals surface area contributed by atoms with Crippen molar-refractivity contribution >= 4 is 18.4 Å². The van der Waals surface area contributed by atoms with Crippen LogP contribution in [0.4, 0.5) is 0 Å². The Labute approximate surface area is 128 Å². The highest BCUT2D eigenvalue weighted by atomic mass is 15.4. The van der Waals surface area contributed by atoms with Crippen LogP contribution in [0, 0.1) is 5.41 Å². The van der Waals surface area contributed by atoms with Gasteiger partial charge >= 0.3 is 6.17 Å². The second-order valence-corrected chi connectivity index (χ2v) is 5.62. The summed E-state index contributed by atoms with van der Waals surface area (Å²) >= 11 is 0. The first-order valence-corrected chi connectivity index (χ1v) is 7.62. The fourth-order valence-corrected chi connectivity index (χ4v) is 3.09. The second kappa shape index (κ2) is 5.32. The van der Waals surface area contributed by atoms with E-state index >= 15 is 0 Å². The number of rotatable bonds is 1. The normalized spacial score (nSPS) is 30.1. The smallest absolute Gasteiger partial charge is 0.308 e. The van der Waals surface area contributed by atoms with Crippen LogP contribution in [-0.4, -0.2) is 47.2 Å². The zero-order valence-corrected chi connectivity index (χ0v) is 12.2. The molecule has 0 amide bonds. The van der Waals surface area contributed by atoms with Crippen molar-refractivity contribution in [3.63, 3.8) is 0 Å². The first-order chi connectivity index (χ1) is 10.8. The molecule has 7 nitrogen and oxygen atoms in total. The lowest BCUT2D eigenvalue weighted by atomic mass is 10.1. The minimum Gasteiger partial charge on any atom is -0.357 e. The number of nitrogens with zero attached hydrogens (tertiary/aromatic N) is 5. The zero-order valence-electron chi connectivity index (χ0n) is 12.2. The molecule has 0 aromatic rings. The number of hydrogen-bond acceptors (Lipinski definition) is 5. The van der Waals surface area contributed by atoms with E-state index in [-0.39, 0.29) is 12.0 Å². The molecule has 1 unspecified atom stereocenters. The van der Waals surface area contributed by atoms with E-state index in [4.69, 9.17) is 5.41 Å². The zero-order chi connectivity index (χ0) is 14.9. The number of azo groups is 2. The number of fused-ring (bicyclic) bond motifs is 1. The molecule has 4 aliphatic heterocycles. The molecule has 0 aliphatic carbocycles. The summed E-state index contributed by atoms with van der Waals surface area (Å²) < 4.78 is 1.71. The number of aliphatic imine (C=N–C) groups is 2. The van der Waals surface area contributed by atoms with E-state index in [1.54, 1.807) is 17.3 Å². The highest BCUT2D eigenvalue weighted by Gasteiger charge is 2.40. The van der Waals surface area contributed by atoms with Crippen molar-refractivity contribution in [2.24, 2.45) is 15.1 Å². The van der Waals surface area contributed by atoms with Crippen molar-refractivity contribution < 1.29 is 4.70 Å². The summed E-state index contributed by atoms with van der Waals surface area (Å²) in [5.41, 5.74) is 1.66. The number of allylic oxidation sites excluding steroid dienone is 2. The van der Waals surface area contributed by atoms with Gasteiger partial charge in [0, 0.05) is 36.6 Å². The molecule has 0 spiro atoms. The van der Waals surface area contributed by atoms with Gasteiger partial charge in [-0.2, -0.15) is 0 Å². The molecule has 1 atom stereocenters. The molecule has 22 heavy (non-hydrogen) atoms. The lowest BCUT2D eigenvalue weighted by molar-refractivity contribution is -0.542. The van der Waals surface area contributed by atoms with Crippen molar-refractivity contribution in [2.75, 3.05) is 13.1 Å². The van der Waals surface area contributed by atoms with Gasteiger partial charge in [-0.15, -0.1) is 0 Å². The Hall–Kier alpha value is -2.57. The summed E-state index contributed by atoms with van der Waals surface area (Å²) in [6.45, 7) is 2.09. The highest BCUT2D eigenvalue weighted by molar-refractivity contribution is 5.99. The molecular formula is C15H18N7+. The maximum absolute atomic E-state index is 8.15. The number of likely N-dealkylation sites (tertiary alicyclic amines) is 1. The number of amidine groups is 1. The standard InChI is InChI=1S/C15H18N7/c16-14-13(15-17-5-4-8-22(15)20-14)11-9-12(19-10-18-11)21-6-2-1-3-7-21/h4-5,8-10,15-16H,1-3,6-7H2,(H,18,19)/q+1/b13-11-,16-14?. The third-order valence-electron chi connectivity index (χ3n) is 4.19. The first kappa shape index (κ1) is 13.1. The number of piperidine rings is 1. The van der Waals surface area contributed by atoms with Crippen LogP contribution in [0.15, 0.2) is 50.5 Å². The van der Waals surface area contributed by atoms with Gasteiger partial charge < -0.3 is 10.2 Å². The molecule has 0 aromatic carbocycles. The molecule has 0 saturated carbocycles. The molecule has 112 valence electrons. The van der Waals surface area contributed by atoms with E-state index in [9.17, 15) is 0 Å². The molecule has 0 bridgehead atoms. The van der Waals surface area contributed by atoms with Crippen LogP contribution in [0.25, 0.3) is 0 Å². The van der Waals surface area contributed by atoms with E-state index in [2.05, 4.69) is 25.3 Å². The molecule has 0 radical (unpaired) electrons. The molecule has 7 heteroatoms. The minimum atomic E-state index is -0.245. The predicted octanol–water partition coefficient (Wildman–Crippen LogP) is 1.58. The Kier molecular flexibility index (Phi) is 3.17. The van der Waals surface area contributed by atoms with Crippen LogP contribution in [0.3, 0.4) is 0 Å². The van der Waals surface area contributed by atoms with Gasteiger partial charge in [0.1, 0.15) is 11.4 Å². The third kappa shape index (κ3) is 2.18. The minimum absolute atomic E-state index is 0.245. The van der Waals surface area contributed by atoms with Crippen molar-refractivity contribution in [2.45, 2.75) is 25.4 Å². The average Bonchev–Trinajstić information content (AvgIpc) is 2.91. The van der Waals surface area contributed by atoms with Gasteiger partial charge in [-0.05, 0) is 19.3 Å². The Balaban J connectivity index is 1.68. The van der Waals surface area contributed by atoms with Crippen LogP contribution in [-0.2, 0) is 0 Å². The number of hydrogen-bond donors (Lipinski definition) is 2. The SMILES string of the molecule is N=C1N=[N+]2C=CC=NC2/C1=C1/C=C(N2CCCCC2)N=CN1. The Morgan fingerprint density at radius 3 is 3.00 bits per heavy atom. The van der Waals surface area contributed by atoms with Crippen LogP contribution < -0.4 is 5.32 Å². The molecule has 4 rings (SSSR count). The monoisotopic (exact) mass is 296 g/mol. The van der Waals surface area contributed by atoms with Crippen LogP contribution >= 0.6 is 0 Å². The summed E-state index contributed by atoms with van der Waals surface area (Å²) in [6.07, 6.45) is 12.6. The summed E-state index contributed by atoms with van der Waals surface area (Å²) in [6, 6.07) is 0. The van der Waals surface area contributed by atoms with Gasteiger partial charge in [-0.25, -0.2) is 9.98 Å². The lowest BCUT2D eigenvalue weighted by Gasteiger charge is -2.30. The van der Waals surface area contributed by atoms with Gasteiger partial charge in [0.05, 0.1) is 12.0 Å². The second-order valence-electron chi connectivity index (χ2n) is 5.62. The van der Waals surface area contributed by atoms with Gasteiger partial charge in [0.15, 0.2) is 0 Å². The van der Waals surface area contributed by atoms with E-state index < -0.39 is 0 Å². The summed E-state index contributed by atoms with van der Waals surface area (Å²) in [5, 5.41) is 15.5. The van der Waals surface area contributed by atoms with Gasteiger partial charge in [-0.1, -0.05) is 4.70 Å². The van der Waals surface area contributed by atoms with Crippen LogP contribution in [0.2, 0.25) is 0 Å². The molecule has 0 aromatic heterocycles. The molecule has 1 fully saturated rings. The first-order valence-electron chi connectivity index (χ1n) is 7.62. The van der Waals surface area contributed by atoms with Crippen molar-refractivity contribution in [1.82, 2.24) is 10.2 Å². The molecule has 2 N–H and O–H groups in total. The Morgan fingerprint density at radius 2 is 2.14 bits per heavy atom. The predicted molar refractivity (Wildman–Crippen MR) is 84.0 cm³/mol. The molecule has 4 heterocycles. The Bertz CT molecular complexity index is 687. The average molecular weight is 296 g/mol. The maximum Gasteiger partial charge on any atom is 0.308 e. The maximum atomic E-state index is 8.15. The molecular weight excluding hydrogens is 278 g/mol. The number of nitrogens with one attached hydrogen (secondary N) is 2. The fraction of sp³-hybridized carbons (Fsp3) is 0.400. The molecule has 4 aliphatic rings. The van der Waals surface area contributed by atoms with E-state index in [1.807, 2.05) is 18.4 Å². The van der Waals surface area contributed by atoms with Gasteiger partial charge in [0.25, 0.3) is 0 Å². The van der Waals surface area contributed by atoms with E-state index in [0.717, 1.165) is 30.2 Å². The lowest BCUT2D eigenvalue weighted by Crippen LogP contribution is -2.32. The van der Waals surface area contributed by atoms with Crippen molar-refractivity contribution in [3.05, 3.63) is 35.4 Å². The van der Waals surface area contributed by atoms with Gasteiger partial charge in [-0.3, -0.25) is 5.41 Å².